The summed E-state index contributed by atoms with van der Waals surface area (Å²) in [5.74, 6) is 0.142. The van der Waals surface area contributed by atoms with Gasteiger partial charge < -0.3 is 14.5 Å². The van der Waals surface area contributed by atoms with E-state index in [-0.39, 0.29) is 17.4 Å². The summed E-state index contributed by atoms with van der Waals surface area (Å²) < 4.78 is 5.38. The Balaban J connectivity index is 2.60. The summed E-state index contributed by atoms with van der Waals surface area (Å²) >= 11 is 0. The van der Waals surface area contributed by atoms with E-state index in [1.165, 1.54) is 0 Å². The summed E-state index contributed by atoms with van der Waals surface area (Å²) in [6.07, 6.45) is 0.503. The summed E-state index contributed by atoms with van der Waals surface area (Å²) in [4.78, 5) is 27.9. The first kappa shape index (κ1) is 16.8. The maximum Gasteiger partial charge on any atom is 0.410 e. The van der Waals surface area contributed by atoms with Crippen molar-refractivity contribution in [2.45, 2.75) is 53.6 Å². The molecule has 0 N–H and O–H groups in total. The van der Waals surface area contributed by atoms with Gasteiger partial charge in [0.05, 0.1) is 0 Å². The van der Waals surface area contributed by atoms with Gasteiger partial charge in [0.1, 0.15) is 5.60 Å². The minimum absolute atomic E-state index is 0.142. The van der Waals surface area contributed by atoms with Crippen molar-refractivity contribution in [1.82, 2.24) is 9.80 Å². The smallest absolute Gasteiger partial charge is 0.410 e. The standard InChI is InChI=1S/C15H28N2O3/c1-14(2,3)12(18)16-8-7-9-17(11-10-16)13(19)20-15(4,5)6/h7-11H2,1-6H3. The lowest BCUT2D eigenvalue weighted by Crippen LogP contribution is -2.43. The fourth-order valence-electron chi connectivity index (χ4n) is 2.10. The fourth-order valence-corrected chi connectivity index (χ4v) is 2.10. The lowest BCUT2D eigenvalue weighted by Gasteiger charge is -2.29. The Hall–Kier alpha value is -1.26. The number of carbonyl (C=O) groups is 2. The van der Waals surface area contributed by atoms with E-state index >= 15 is 0 Å². The molecular formula is C15H28N2O3. The maximum absolute atomic E-state index is 12.3. The molecule has 0 spiro atoms. The molecule has 0 radical (unpaired) electrons. The lowest BCUT2D eigenvalue weighted by atomic mass is 9.94. The highest BCUT2D eigenvalue weighted by molar-refractivity contribution is 5.81. The molecule has 0 saturated carbocycles. The van der Waals surface area contributed by atoms with Gasteiger partial charge in [0.25, 0.3) is 0 Å². The third kappa shape index (κ3) is 5.02. The topological polar surface area (TPSA) is 49.9 Å². The molecule has 1 saturated heterocycles. The summed E-state index contributed by atoms with van der Waals surface area (Å²) in [5.41, 5.74) is -0.856. The Kier molecular flexibility index (Phi) is 5.05. The van der Waals surface area contributed by atoms with Gasteiger partial charge in [-0.2, -0.15) is 0 Å². The molecule has 0 aliphatic carbocycles. The summed E-state index contributed by atoms with van der Waals surface area (Å²) in [5, 5.41) is 0. The molecular weight excluding hydrogens is 256 g/mol. The highest BCUT2D eigenvalue weighted by atomic mass is 16.6. The molecule has 1 fully saturated rings. The van der Waals surface area contributed by atoms with Crippen LogP contribution in [-0.2, 0) is 9.53 Å². The lowest BCUT2D eigenvalue weighted by molar-refractivity contribution is -0.139. The van der Waals surface area contributed by atoms with Crippen molar-refractivity contribution in [3.05, 3.63) is 0 Å². The highest BCUT2D eigenvalue weighted by Crippen LogP contribution is 2.19. The molecule has 116 valence electrons. The molecule has 5 heteroatoms. The molecule has 5 nitrogen and oxygen atoms in total. The number of hydrogen-bond acceptors (Lipinski definition) is 3. The quantitative estimate of drug-likeness (QED) is 0.686. The summed E-state index contributed by atoms with van der Waals surface area (Å²) in [7, 11) is 0. The van der Waals surface area contributed by atoms with Crippen molar-refractivity contribution in [2.75, 3.05) is 26.2 Å². The molecule has 20 heavy (non-hydrogen) atoms. The predicted octanol–water partition coefficient (Wildman–Crippen LogP) is 2.50. The minimum Gasteiger partial charge on any atom is -0.444 e. The molecule has 0 bridgehead atoms. The SMILES string of the molecule is CC(C)(C)OC(=O)N1CCCN(C(=O)C(C)(C)C)CC1. The van der Waals surface area contributed by atoms with E-state index in [2.05, 4.69) is 0 Å². The first-order valence-electron chi connectivity index (χ1n) is 7.28. The van der Waals surface area contributed by atoms with Crippen molar-refractivity contribution in [1.29, 1.82) is 0 Å². The second-order valence-corrected chi connectivity index (χ2v) is 7.36. The predicted molar refractivity (Wildman–Crippen MR) is 78.5 cm³/mol. The van der Waals surface area contributed by atoms with Gasteiger partial charge in [0.2, 0.25) is 5.91 Å². The first-order valence-corrected chi connectivity index (χ1v) is 7.28. The Morgan fingerprint density at radius 2 is 1.35 bits per heavy atom. The third-order valence-corrected chi connectivity index (χ3v) is 3.08. The van der Waals surface area contributed by atoms with E-state index in [0.29, 0.717) is 26.2 Å². The Morgan fingerprint density at radius 3 is 1.85 bits per heavy atom. The van der Waals surface area contributed by atoms with Gasteiger partial charge in [-0.15, -0.1) is 0 Å². The van der Waals surface area contributed by atoms with E-state index in [9.17, 15) is 9.59 Å². The first-order chi connectivity index (χ1) is 9.00. The second kappa shape index (κ2) is 6.02. The van der Waals surface area contributed by atoms with E-state index in [1.807, 2.05) is 46.4 Å². The van der Waals surface area contributed by atoms with Gasteiger partial charge >= 0.3 is 6.09 Å². The molecule has 1 heterocycles. The third-order valence-electron chi connectivity index (χ3n) is 3.08. The van der Waals surface area contributed by atoms with Crippen molar-refractivity contribution in [2.24, 2.45) is 5.41 Å². The van der Waals surface area contributed by atoms with Crippen LogP contribution in [-0.4, -0.2) is 53.6 Å². The van der Waals surface area contributed by atoms with Crippen LogP contribution in [0.15, 0.2) is 0 Å². The average molecular weight is 284 g/mol. The summed E-state index contributed by atoms with van der Waals surface area (Å²) in [6.45, 7) is 13.8. The Labute approximate surface area is 122 Å². The van der Waals surface area contributed by atoms with Crippen LogP contribution >= 0.6 is 0 Å². The van der Waals surface area contributed by atoms with E-state index in [1.54, 1.807) is 4.90 Å². The monoisotopic (exact) mass is 284 g/mol. The highest BCUT2D eigenvalue weighted by Gasteiger charge is 2.30. The Bertz CT molecular complexity index is 366. The molecule has 0 aromatic rings. The van der Waals surface area contributed by atoms with Crippen LogP contribution in [0.2, 0.25) is 0 Å². The van der Waals surface area contributed by atoms with Gasteiger partial charge in [0.15, 0.2) is 0 Å². The zero-order valence-electron chi connectivity index (χ0n) is 13.7. The van der Waals surface area contributed by atoms with E-state index < -0.39 is 5.60 Å². The zero-order valence-corrected chi connectivity index (χ0v) is 13.7. The van der Waals surface area contributed by atoms with E-state index in [4.69, 9.17) is 4.74 Å². The van der Waals surface area contributed by atoms with Gasteiger partial charge in [0, 0.05) is 31.6 Å². The average Bonchev–Trinajstić information content (AvgIpc) is 2.49. The molecule has 0 aromatic carbocycles. The van der Waals surface area contributed by atoms with Crippen LogP contribution in [0.25, 0.3) is 0 Å². The van der Waals surface area contributed by atoms with Crippen LogP contribution in [0.5, 0.6) is 0 Å². The molecule has 0 aromatic heterocycles. The fraction of sp³-hybridized carbons (Fsp3) is 0.867. The van der Waals surface area contributed by atoms with Gasteiger partial charge in [-0.25, -0.2) is 4.79 Å². The van der Waals surface area contributed by atoms with Crippen LogP contribution in [0, 0.1) is 5.41 Å². The zero-order chi connectivity index (χ0) is 15.6. The van der Waals surface area contributed by atoms with Crippen LogP contribution in [0.1, 0.15) is 48.0 Å². The molecule has 0 atom stereocenters. The molecule has 2 amide bonds. The van der Waals surface area contributed by atoms with Gasteiger partial charge in [-0.3, -0.25) is 4.79 Å². The van der Waals surface area contributed by atoms with Crippen molar-refractivity contribution >= 4 is 12.0 Å². The molecule has 1 aliphatic heterocycles. The molecule has 1 aliphatic rings. The largest absolute Gasteiger partial charge is 0.444 e. The number of hydrogen-bond donors (Lipinski definition) is 0. The molecule has 1 rings (SSSR count). The number of carbonyl (C=O) groups excluding carboxylic acids is 2. The van der Waals surface area contributed by atoms with Crippen molar-refractivity contribution in [3.63, 3.8) is 0 Å². The van der Waals surface area contributed by atoms with Crippen molar-refractivity contribution < 1.29 is 14.3 Å². The normalized spacial score (nSPS) is 17.7. The second-order valence-electron chi connectivity index (χ2n) is 7.36. The van der Waals surface area contributed by atoms with Gasteiger partial charge in [-0.1, -0.05) is 20.8 Å². The van der Waals surface area contributed by atoms with Crippen LogP contribution in [0.4, 0.5) is 4.79 Å². The maximum atomic E-state index is 12.3. The molecule has 0 unspecified atom stereocenters. The number of ether oxygens (including phenoxy) is 1. The van der Waals surface area contributed by atoms with Gasteiger partial charge in [-0.05, 0) is 27.2 Å². The summed E-state index contributed by atoms with van der Waals surface area (Å²) in [6, 6.07) is 0. The van der Waals surface area contributed by atoms with Crippen LogP contribution in [0.3, 0.4) is 0 Å². The number of rotatable bonds is 0. The van der Waals surface area contributed by atoms with E-state index in [0.717, 1.165) is 6.42 Å². The Morgan fingerprint density at radius 1 is 0.850 bits per heavy atom. The number of amides is 2. The van der Waals surface area contributed by atoms with Crippen LogP contribution < -0.4 is 0 Å². The minimum atomic E-state index is -0.482. The number of nitrogens with zero attached hydrogens (tertiary/aromatic N) is 2. The van der Waals surface area contributed by atoms with Crippen molar-refractivity contribution in [3.8, 4) is 0 Å².